The molecule has 102 valence electrons. The molecule has 0 radical (unpaired) electrons. The van der Waals surface area contributed by atoms with Gasteiger partial charge in [0.15, 0.2) is 0 Å². The van der Waals surface area contributed by atoms with E-state index >= 15 is 0 Å². The largest absolute Gasteiger partial charge is 0.345 e. The maximum atomic E-state index is 12.2. The molecule has 3 aliphatic carbocycles. The quantitative estimate of drug-likeness (QED) is 0.759. The second-order valence-electron chi connectivity index (χ2n) is 7.04. The highest BCUT2D eigenvalue weighted by atomic mass is 32.1. The van der Waals surface area contributed by atoms with Crippen molar-refractivity contribution in [2.24, 2.45) is 23.2 Å². The molecule has 3 saturated carbocycles. The Morgan fingerprint density at radius 3 is 2.61 bits per heavy atom. The minimum atomic E-state index is 0.267. The maximum Gasteiger partial charge on any atom is 0.222 e. The van der Waals surface area contributed by atoms with Crippen molar-refractivity contribution in [3.05, 3.63) is 0 Å². The van der Waals surface area contributed by atoms with Gasteiger partial charge in [-0.1, -0.05) is 6.42 Å². The van der Waals surface area contributed by atoms with E-state index in [0.717, 1.165) is 36.5 Å². The van der Waals surface area contributed by atoms with Gasteiger partial charge in [0.25, 0.3) is 0 Å². The lowest BCUT2D eigenvalue weighted by Gasteiger charge is -2.28. The van der Waals surface area contributed by atoms with Gasteiger partial charge >= 0.3 is 0 Å². The van der Waals surface area contributed by atoms with Crippen LogP contribution in [-0.2, 0) is 4.79 Å². The van der Waals surface area contributed by atoms with Gasteiger partial charge in [-0.05, 0) is 61.0 Å². The topological polar surface area (TPSA) is 20.3 Å². The van der Waals surface area contributed by atoms with Crippen LogP contribution >= 0.6 is 12.6 Å². The molecule has 18 heavy (non-hydrogen) atoms. The van der Waals surface area contributed by atoms with Crippen LogP contribution < -0.4 is 0 Å². The van der Waals surface area contributed by atoms with Crippen molar-refractivity contribution in [1.82, 2.24) is 4.90 Å². The van der Waals surface area contributed by atoms with E-state index in [2.05, 4.69) is 12.6 Å². The fourth-order valence-corrected chi connectivity index (χ4v) is 4.51. The maximum absolute atomic E-state index is 12.2. The van der Waals surface area contributed by atoms with E-state index in [-0.39, 0.29) is 5.41 Å². The predicted octanol–water partition coefficient (Wildman–Crippen LogP) is 2.98. The smallest absolute Gasteiger partial charge is 0.222 e. The highest BCUT2D eigenvalue weighted by Crippen LogP contribution is 2.50. The van der Waals surface area contributed by atoms with Crippen molar-refractivity contribution in [3.8, 4) is 0 Å². The van der Waals surface area contributed by atoms with Crippen LogP contribution in [0.15, 0.2) is 0 Å². The molecule has 3 rings (SSSR count). The lowest BCUT2D eigenvalue weighted by Crippen LogP contribution is -2.35. The molecule has 0 saturated heterocycles. The molecule has 3 heteroatoms. The van der Waals surface area contributed by atoms with E-state index in [0.29, 0.717) is 5.91 Å². The molecule has 0 N–H and O–H groups in total. The molecule has 0 spiro atoms. The van der Waals surface area contributed by atoms with Gasteiger partial charge in [-0.2, -0.15) is 12.6 Å². The van der Waals surface area contributed by atoms with Crippen molar-refractivity contribution in [3.63, 3.8) is 0 Å². The molecule has 3 atom stereocenters. The molecule has 2 bridgehead atoms. The molecular weight excluding hydrogens is 242 g/mol. The summed E-state index contributed by atoms with van der Waals surface area (Å²) in [7, 11) is 2.00. The number of carbonyl (C=O) groups is 1. The zero-order chi connectivity index (χ0) is 12.8. The normalized spacial score (nSPS) is 35.8. The van der Waals surface area contributed by atoms with E-state index in [1.54, 1.807) is 0 Å². The summed E-state index contributed by atoms with van der Waals surface area (Å²) in [4.78, 5) is 14.3. The number of amides is 1. The Labute approximate surface area is 116 Å². The molecule has 3 fully saturated rings. The molecule has 0 aromatic carbocycles. The van der Waals surface area contributed by atoms with E-state index in [1.807, 2.05) is 11.9 Å². The second kappa shape index (κ2) is 4.73. The fraction of sp³-hybridized carbons (Fsp3) is 0.933. The first-order chi connectivity index (χ1) is 8.62. The van der Waals surface area contributed by atoms with Crippen molar-refractivity contribution < 1.29 is 4.79 Å². The summed E-state index contributed by atoms with van der Waals surface area (Å²) in [6.07, 6.45) is 8.80. The molecule has 0 heterocycles. The summed E-state index contributed by atoms with van der Waals surface area (Å²) in [5.74, 6) is 3.93. The van der Waals surface area contributed by atoms with Crippen LogP contribution in [0.1, 0.15) is 44.9 Å². The molecule has 1 amide bonds. The first-order valence-corrected chi connectivity index (χ1v) is 8.10. The Kier molecular flexibility index (Phi) is 3.38. The lowest BCUT2D eigenvalue weighted by molar-refractivity contribution is -0.131. The molecule has 0 aliphatic heterocycles. The van der Waals surface area contributed by atoms with Crippen LogP contribution in [0.3, 0.4) is 0 Å². The van der Waals surface area contributed by atoms with Gasteiger partial charge in [-0.15, -0.1) is 0 Å². The number of rotatable bonds is 5. The Hall–Kier alpha value is -0.180. The number of carbonyl (C=O) groups excluding carboxylic acids is 1. The van der Waals surface area contributed by atoms with Crippen LogP contribution in [0.2, 0.25) is 0 Å². The van der Waals surface area contributed by atoms with Crippen molar-refractivity contribution >= 4 is 18.5 Å². The highest BCUT2D eigenvalue weighted by molar-refractivity contribution is 7.80. The van der Waals surface area contributed by atoms with Gasteiger partial charge in [0.1, 0.15) is 0 Å². The summed E-state index contributed by atoms with van der Waals surface area (Å²) < 4.78 is 0. The summed E-state index contributed by atoms with van der Waals surface area (Å²) in [6, 6.07) is 0. The first-order valence-electron chi connectivity index (χ1n) is 7.47. The van der Waals surface area contributed by atoms with Crippen molar-refractivity contribution in [2.75, 3.05) is 19.3 Å². The first kappa shape index (κ1) is 12.8. The van der Waals surface area contributed by atoms with E-state index in [1.165, 1.54) is 38.5 Å². The third-order valence-electron chi connectivity index (χ3n) is 5.64. The van der Waals surface area contributed by atoms with E-state index < -0.39 is 0 Å². The minimum Gasteiger partial charge on any atom is -0.345 e. The van der Waals surface area contributed by atoms with Crippen molar-refractivity contribution in [2.45, 2.75) is 44.9 Å². The lowest BCUT2D eigenvalue weighted by atomic mass is 9.88. The summed E-state index contributed by atoms with van der Waals surface area (Å²) in [6.45, 7) is 1.00. The van der Waals surface area contributed by atoms with E-state index in [4.69, 9.17) is 0 Å². The minimum absolute atomic E-state index is 0.267. The summed E-state index contributed by atoms with van der Waals surface area (Å²) in [5, 5.41) is 0. The van der Waals surface area contributed by atoms with E-state index in [9.17, 15) is 4.79 Å². The number of thiol groups is 1. The van der Waals surface area contributed by atoms with Crippen LogP contribution in [0.25, 0.3) is 0 Å². The number of hydrogen-bond donors (Lipinski definition) is 1. The van der Waals surface area contributed by atoms with Crippen LogP contribution in [0, 0.1) is 23.2 Å². The highest BCUT2D eigenvalue weighted by Gasteiger charge is 2.44. The Morgan fingerprint density at radius 1 is 1.33 bits per heavy atom. The van der Waals surface area contributed by atoms with Crippen molar-refractivity contribution in [1.29, 1.82) is 0 Å². The Balaban J connectivity index is 1.49. The van der Waals surface area contributed by atoms with Crippen LogP contribution in [-0.4, -0.2) is 30.2 Å². The zero-order valence-corrected chi connectivity index (χ0v) is 12.3. The van der Waals surface area contributed by atoms with Crippen LogP contribution in [0.4, 0.5) is 0 Å². The average Bonchev–Trinajstić information content (AvgIpc) is 2.83. The molecule has 3 aliphatic rings. The van der Waals surface area contributed by atoms with Gasteiger partial charge < -0.3 is 4.90 Å². The molecular formula is C15H25NOS. The Morgan fingerprint density at radius 2 is 2.11 bits per heavy atom. The SMILES string of the molecule is CN(CC1CC2CCC1C2)C(=O)CC1(CS)CC1. The van der Waals surface area contributed by atoms with Gasteiger partial charge in [0, 0.05) is 20.0 Å². The number of fused-ring (bicyclic) bond motifs is 2. The van der Waals surface area contributed by atoms with Crippen LogP contribution in [0.5, 0.6) is 0 Å². The monoisotopic (exact) mass is 267 g/mol. The summed E-state index contributed by atoms with van der Waals surface area (Å²) >= 11 is 4.39. The second-order valence-corrected chi connectivity index (χ2v) is 7.36. The molecule has 3 unspecified atom stereocenters. The third kappa shape index (κ3) is 2.43. The Bertz CT molecular complexity index is 339. The average molecular weight is 267 g/mol. The molecule has 0 aromatic heterocycles. The standard InChI is InChI=1S/C15H25NOS/c1-16(14(17)8-15(10-18)4-5-15)9-13-7-11-2-3-12(13)6-11/h11-13,18H,2-10H2,1H3. The molecule has 2 nitrogen and oxygen atoms in total. The number of nitrogens with zero attached hydrogens (tertiary/aromatic N) is 1. The zero-order valence-electron chi connectivity index (χ0n) is 11.4. The predicted molar refractivity (Wildman–Crippen MR) is 76.7 cm³/mol. The molecule has 0 aromatic rings. The van der Waals surface area contributed by atoms with Gasteiger partial charge in [0.05, 0.1) is 0 Å². The van der Waals surface area contributed by atoms with Gasteiger partial charge in [-0.3, -0.25) is 4.79 Å². The van der Waals surface area contributed by atoms with Gasteiger partial charge in [-0.25, -0.2) is 0 Å². The number of hydrogen-bond acceptors (Lipinski definition) is 2. The fourth-order valence-electron chi connectivity index (χ4n) is 4.08. The van der Waals surface area contributed by atoms with Gasteiger partial charge in [0.2, 0.25) is 5.91 Å². The third-order valence-corrected chi connectivity index (χ3v) is 6.31. The summed E-state index contributed by atoms with van der Waals surface area (Å²) in [5.41, 5.74) is 0.267.